The first-order valence-corrected chi connectivity index (χ1v) is 7.50. The molecule has 0 saturated carbocycles. The number of benzene rings is 1. The number of ether oxygens (including phenoxy) is 2. The molecule has 0 unspecified atom stereocenters. The monoisotopic (exact) mass is 352 g/mol. The summed E-state index contributed by atoms with van der Waals surface area (Å²) in [4.78, 5) is 13.2. The second-order valence-corrected chi connectivity index (χ2v) is 5.79. The molecule has 0 radical (unpaired) electrons. The number of methoxy groups -OCH3 is 2. The average Bonchev–Trinajstić information content (AvgIpc) is 2.89. The molecule has 2 rings (SSSR count). The summed E-state index contributed by atoms with van der Waals surface area (Å²) in [6.45, 7) is 0. The predicted molar refractivity (Wildman–Crippen MR) is 84.9 cm³/mol. The largest absolute Gasteiger partial charge is 0.497 e. The summed E-state index contributed by atoms with van der Waals surface area (Å²) in [6, 6.07) is 7.10. The fourth-order valence-electron chi connectivity index (χ4n) is 1.67. The Hall–Kier alpha value is -1.59. The van der Waals surface area contributed by atoms with Crippen molar-refractivity contribution < 1.29 is 14.3 Å². The minimum Gasteiger partial charge on any atom is -0.497 e. The van der Waals surface area contributed by atoms with Crippen molar-refractivity contribution in [1.82, 2.24) is 0 Å². The molecule has 2 aromatic rings. The lowest BCUT2D eigenvalue weighted by atomic mass is 10.1. The van der Waals surface area contributed by atoms with Crippen LogP contribution in [0.2, 0.25) is 0 Å². The minimum atomic E-state index is -0.103. The van der Waals surface area contributed by atoms with Crippen LogP contribution in [0.4, 0.5) is 0 Å². The zero-order valence-corrected chi connectivity index (χ0v) is 13.5. The van der Waals surface area contributed by atoms with Gasteiger partial charge in [-0.25, -0.2) is 0 Å². The molecule has 0 aliphatic heterocycles. The van der Waals surface area contributed by atoms with Crippen molar-refractivity contribution in [2.45, 2.75) is 0 Å². The zero-order chi connectivity index (χ0) is 14.5. The first-order chi connectivity index (χ1) is 9.63. The molecule has 0 N–H and O–H groups in total. The predicted octanol–water partition coefficient (Wildman–Crippen LogP) is 4.42. The molecule has 0 spiro atoms. The lowest BCUT2D eigenvalue weighted by Gasteiger charge is -2.07. The first kappa shape index (κ1) is 14.8. The molecule has 0 aliphatic carbocycles. The Labute approximate surface area is 130 Å². The number of thiophene rings is 1. The molecule has 1 aromatic carbocycles. The fraction of sp³-hybridized carbons (Fsp3) is 0.133. The van der Waals surface area contributed by atoms with Gasteiger partial charge in [0.15, 0.2) is 5.78 Å². The van der Waals surface area contributed by atoms with E-state index < -0.39 is 0 Å². The van der Waals surface area contributed by atoms with Gasteiger partial charge in [-0.05, 0) is 46.3 Å². The van der Waals surface area contributed by atoms with Crippen LogP contribution in [0.1, 0.15) is 15.2 Å². The quantitative estimate of drug-likeness (QED) is 0.590. The number of allylic oxidation sites excluding steroid dienone is 1. The van der Waals surface area contributed by atoms with Crippen molar-refractivity contribution in [1.29, 1.82) is 0 Å². The van der Waals surface area contributed by atoms with E-state index in [0.29, 0.717) is 17.1 Å². The van der Waals surface area contributed by atoms with Crippen LogP contribution in [0.5, 0.6) is 11.5 Å². The highest BCUT2D eigenvalue weighted by Crippen LogP contribution is 2.26. The normalized spacial score (nSPS) is 10.8. The maximum atomic E-state index is 12.2. The lowest BCUT2D eigenvalue weighted by molar-refractivity contribution is 0.104. The Morgan fingerprint density at radius 1 is 1.25 bits per heavy atom. The molecule has 104 valence electrons. The van der Waals surface area contributed by atoms with E-state index in [1.165, 1.54) is 7.11 Å². The van der Waals surface area contributed by atoms with Gasteiger partial charge in [0.1, 0.15) is 11.5 Å². The summed E-state index contributed by atoms with van der Waals surface area (Å²) in [5.74, 6) is 1.06. The van der Waals surface area contributed by atoms with Crippen molar-refractivity contribution in [3.63, 3.8) is 0 Å². The summed E-state index contributed by atoms with van der Waals surface area (Å²) in [6.07, 6.45) is 3.34. The van der Waals surface area contributed by atoms with Crippen molar-refractivity contribution in [3.8, 4) is 11.5 Å². The summed E-state index contributed by atoms with van der Waals surface area (Å²) in [7, 11) is 3.11. The number of ketones is 1. The summed E-state index contributed by atoms with van der Waals surface area (Å²) in [5, 5.41) is 1.97. The molecular weight excluding hydrogens is 340 g/mol. The lowest BCUT2D eigenvalue weighted by Crippen LogP contribution is -1.99. The molecule has 0 amide bonds. The van der Waals surface area contributed by atoms with Gasteiger partial charge in [-0.15, -0.1) is 11.3 Å². The molecule has 0 fully saturated rings. The Morgan fingerprint density at radius 3 is 2.65 bits per heavy atom. The van der Waals surface area contributed by atoms with Crippen LogP contribution in [-0.4, -0.2) is 20.0 Å². The summed E-state index contributed by atoms with van der Waals surface area (Å²) >= 11 is 4.95. The standard InChI is InChI=1S/C15H13BrO3S/c1-18-11-3-5-13(15(8-11)19-2)14(17)6-4-12-7-10(16)9-20-12/h3-9H,1-2H3/b6-4+. The van der Waals surface area contributed by atoms with E-state index in [2.05, 4.69) is 15.9 Å². The second kappa shape index (κ2) is 6.72. The van der Waals surface area contributed by atoms with Crippen LogP contribution in [0, 0.1) is 0 Å². The Morgan fingerprint density at radius 2 is 2.05 bits per heavy atom. The number of hydrogen-bond donors (Lipinski definition) is 0. The third-order valence-electron chi connectivity index (χ3n) is 2.66. The molecular formula is C15H13BrO3S. The van der Waals surface area contributed by atoms with E-state index in [9.17, 15) is 4.79 Å². The van der Waals surface area contributed by atoms with Crippen LogP contribution in [0.3, 0.4) is 0 Å². The topological polar surface area (TPSA) is 35.5 Å². The van der Waals surface area contributed by atoms with Gasteiger partial charge in [0.25, 0.3) is 0 Å². The Bertz CT molecular complexity index is 646. The highest BCUT2D eigenvalue weighted by molar-refractivity contribution is 9.10. The van der Waals surface area contributed by atoms with Crippen molar-refractivity contribution in [2.75, 3.05) is 14.2 Å². The second-order valence-electron chi connectivity index (χ2n) is 3.93. The summed E-state index contributed by atoms with van der Waals surface area (Å²) < 4.78 is 11.3. The minimum absolute atomic E-state index is 0.103. The third-order valence-corrected chi connectivity index (χ3v) is 4.32. The van der Waals surface area contributed by atoms with Crippen LogP contribution >= 0.6 is 27.3 Å². The molecule has 5 heteroatoms. The van der Waals surface area contributed by atoms with Crippen LogP contribution in [-0.2, 0) is 0 Å². The van der Waals surface area contributed by atoms with E-state index in [1.54, 1.807) is 48.8 Å². The van der Waals surface area contributed by atoms with Crippen molar-refractivity contribution in [2.24, 2.45) is 0 Å². The summed E-state index contributed by atoms with van der Waals surface area (Å²) in [5.41, 5.74) is 0.514. The van der Waals surface area contributed by atoms with E-state index in [1.807, 2.05) is 11.4 Å². The maximum absolute atomic E-state index is 12.2. The van der Waals surface area contributed by atoms with Gasteiger partial charge in [0.2, 0.25) is 0 Å². The van der Waals surface area contributed by atoms with E-state index in [-0.39, 0.29) is 5.78 Å². The fourth-order valence-corrected chi connectivity index (χ4v) is 3.00. The van der Waals surface area contributed by atoms with Gasteiger partial charge >= 0.3 is 0 Å². The SMILES string of the molecule is COc1ccc(C(=O)/C=C/c2cc(Br)cs2)c(OC)c1. The van der Waals surface area contributed by atoms with Gasteiger partial charge in [0, 0.05) is 20.8 Å². The van der Waals surface area contributed by atoms with Gasteiger partial charge in [-0.2, -0.15) is 0 Å². The first-order valence-electron chi connectivity index (χ1n) is 5.82. The number of rotatable bonds is 5. The zero-order valence-electron chi connectivity index (χ0n) is 11.1. The highest BCUT2D eigenvalue weighted by atomic mass is 79.9. The van der Waals surface area contributed by atoms with E-state index in [4.69, 9.17) is 9.47 Å². The molecule has 0 atom stereocenters. The van der Waals surface area contributed by atoms with E-state index >= 15 is 0 Å². The maximum Gasteiger partial charge on any atom is 0.189 e. The Kier molecular flexibility index (Phi) is 4.98. The Balaban J connectivity index is 2.22. The van der Waals surface area contributed by atoms with Gasteiger partial charge in [0.05, 0.1) is 19.8 Å². The van der Waals surface area contributed by atoms with Crippen LogP contribution in [0.15, 0.2) is 40.2 Å². The number of carbonyl (C=O) groups excluding carboxylic acids is 1. The van der Waals surface area contributed by atoms with Crippen LogP contribution in [0.25, 0.3) is 6.08 Å². The molecule has 20 heavy (non-hydrogen) atoms. The number of carbonyl (C=O) groups is 1. The molecule has 1 aromatic heterocycles. The molecule has 0 bridgehead atoms. The molecule has 3 nitrogen and oxygen atoms in total. The molecule has 0 saturated heterocycles. The highest BCUT2D eigenvalue weighted by Gasteiger charge is 2.10. The van der Waals surface area contributed by atoms with E-state index in [0.717, 1.165) is 9.35 Å². The molecule has 0 aliphatic rings. The van der Waals surface area contributed by atoms with Gasteiger partial charge in [-0.3, -0.25) is 4.79 Å². The smallest absolute Gasteiger partial charge is 0.189 e. The van der Waals surface area contributed by atoms with Gasteiger partial charge in [-0.1, -0.05) is 0 Å². The number of hydrogen-bond acceptors (Lipinski definition) is 4. The third kappa shape index (κ3) is 3.49. The van der Waals surface area contributed by atoms with Gasteiger partial charge < -0.3 is 9.47 Å². The van der Waals surface area contributed by atoms with Crippen LogP contribution < -0.4 is 9.47 Å². The molecule has 1 heterocycles. The average molecular weight is 353 g/mol. The number of halogens is 1. The van der Waals surface area contributed by atoms with Crippen molar-refractivity contribution >= 4 is 39.1 Å². The van der Waals surface area contributed by atoms with Crippen molar-refractivity contribution in [3.05, 3.63) is 50.6 Å².